The van der Waals surface area contributed by atoms with Crippen molar-refractivity contribution in [2.75, 3.05) is 13.2 Å². The van der Waals surface area contributed by atoms with Crippen molar-refractivity contribution in [3.8, 4) is 0 Å². The smallest absolute Gasteiger partial charge is 0.225 e. The Labute approximate surface area is 113 Å². The Morgan fingerprint density at radius 2 is 2.21 bits per heavy atom. The molecule has 1 aromatic rings. The van der Waals surface area contributed by atoms with Crippen molar-refractivity contribution in [3.05, 3.63) is 35.9 Å². The Morgan fingerprint density at radius 1 is 1.47 bits per heavy atom. The minimum atomic E-state index is -0.525. The number of carbonyl (C=O) groups excluding carboxylic acids is 1. The molecule has 0 heterocycles. The summed E-state index contributed by atoms with van der Waals surface area (Å²) in [4.78, 5) is 11.7. The van der Waals surface area contributed by atoms with E-state index in [4.69, 9.17) is 4.74 Å². The van der Waals surface area contributed by atoms with Crippen LogP contribution in [0.4, 0.5) is 0 Å². The van der Waals surface area contributed by atoms with Crippen molar-refractivity contribution in [2.45, 2.75) is 32.0 Å². The first-order valence-corrected chi connectivity index (χ1v) is 6.84. The number of hydrogen-bond acceptors (Lipinski definition) is 3. The van der Waals surface area contributed by atoms with Crippen molar-refractivity contribution in [3.63, 3.8) is 0 Å². The summed E-state index contributed by atoms with van der Waals surface area (Å²) >= 11 is 0. The van der Waals surface area contributed by atoms with Crippen molar-refractivity contribution in [2.24, 2.45) is 5.92 Å². The van der Waals surface area contributed by atoms with Crippen molar-refractivity contribution in [1.82, 2.24) is 5.32 Å². The van der Waals surface area contributed by atoms with Gasteiger partial charge in [-0.15, -0.1) is 0 Å². The number of hydrogen-bond donors (Lipinski definition) is 2. The van der Waals surface area contributed by atoms with Crippen LogP contribution in [0.3, 0.4) is 0 Å². The maximum absolute atomic E-state index is 11.7. The topological polar surface area (TPSA) is 58.6 Å². The molecule has 19 heavy (non-hydrogen) atoms. The monoisotopic (exact) mass is 263 g/mol. The van der Waals surface area contributed by atoms with Crippen LogP contribution in [0.1, 0.15) is 31.4 Å². The van der Waals surface area contributed by atoms with Gasteiger partial charge in [0.05, 0.1) is 18.1 Å². The molecule has 0 aromatic heterocycles. The van der Waals surface area contributed by atoms with Crippen LogP contribution >= 0.6 is 0 Å². The summed E-state index contributed by atoms with van der Waals surface area (Å²) in [5.74, 6) is 0.0486. The molecule has 0 saturated heterocycles. The van der Waals surface area contributed by atoms with Gasteiger partial charge < -0.3 is 15.2 Å². The molecule has 2 rings (SSSR count). The molecule has 1 aliphatic carbocycles. The van der Waals surface area contributed by atoms with Crippen molar-refractivity contribution < 1.29 is 14.6 Å². The molecular formula is C15H21NO3. The van der Waals surface area contributed by atoms with Gasteiger partial charge in [-0.1, -0.05) is 30.3 Å². The van der Waals surface area contributed by atoms with Crippen molar-refractivity contribution in [1.29, 1.82) is 0 Å². The van der Waals surface area contributed by atoms with Gasteiger partial charge >= 0.3 is 0 Å². The van der Waals surface area contributed by atoms with Gasteiger partial charge in [0.1, 0.15) is 0 Å². The fourth-order valence-electron chi connectivity index (χ4n) is 2.15. The molecule has 104 valence electrons. The lowest BCUT2D eigenvalue weighted by Gasteiger charge is -2.11. The highest BCUT2D eigenvalue weighted by atomic mass is 16.5. The lowest BCUT2D eigenvalue weighted by molar-refractivity contribution is -0.123. The summed E-state index contributed by atoms with van der Waals surface area (Å²) in [6.45, 7) is 3.08. The summed E-state index contributed by atoms with van der Waals surface area (Å²) in [6.07, 6.45) is 0.926. The molecule has 3 atom stereocenters. The fraction of sp³-hybridized carbons (Fsp3) is 0.533. The molecule has 3 unspecified atom stereocenters. The first kappa shape index (κ1) is 14.0. The van der Waals surface area contributed by atoms with E-state index in [1.54, 1.807) is 0 Å². The van der Waals surface area contributed by atoms with Crippen LogP contribution in [0.5, 0.6) is 0 Å². The zero-order chi connectivity index (χ0) is 13.7. The molecule has 0 aliphatic heterocycles. The average Bonchev–Trinajstić information content (AvgIpc) is 3.19. The largest absolute Gasteiger partial charge is 0.388 e. The third kappa shape index (κ3) is 4.04. The molecule has 1 aliphatic rings. The van der Waals surface area contributed by atoms with Crippen LogP contribution in [0.15, 0.2) is 30.3 Å². The summed E-state index contributed by atoms with van der Waals surface area (Å²) in [6, 6.07) is 9.48. The van der Waals surface area contributed by atoms with E-state index in [1.807, 2.05) is 37.3 Å². The fourth-order valence-corrected chi connectivity index (χ4v) is 2.15. The molecule has 1 amide bonds. The van der Waals surface area contributed by atoms with E-state index in [0.29, 0.717) is 19.6 Å². The average molecular weight is 263 g/mol. The van der Waals surface area contributed by atoms with E-state index in [2.05, 4.69) is 5.32 Å². The number of rotatable bonds is 7. The van der Waals surface area contributed by atoms with Crippen LogP contribution in [0, 0.1) is 5.92 Å². The van der Waals surface area contributed by atoms with Gasteiger partial charge in [-0.2, -0.15) is 0 Å². The quantitative estimate of drug-likeness (QED) is 0.786. The first-order valence-electron chi connectivity index (χ1n) is 6.84. The molecule has 0 bridgehead atoms. The predicted octanol–water partition coefficient (Wildman–Crippen LogP) is 1.65. The molecule has 4 nitrogen and oxygen atoms in total. The Morgan fingerprint density at radius 3 is 2.89 bits per heavy atom. The number of benzene rings is 1. The summed E-state index contributed by atoms with van der Waals surface area (Å²) in [5.41, 5.74) is 0.885. The van der Waals surface area contributed by atoms with E-state index in [-0.39, 0.29) is 17.9 Å². The molecule has 1 aromatic carbocycles. The lowest BCUT2D eigenvalue weighted by atomic mass is 10.1. The molecule has 0 radical (unpaired) electrons. The number of nitrogens with one attached hydrogen (secondary N) is 1. The minimum Gasteiger partial charge on any atom is -0.388 e. The first-order chi connectivity index (χ1) is 9.22. The third-order valence-corrected chi connectivity index (χ3v) is 3.35. The normalized spacial score (nSPS) is 22.8. The Kier molecular flexibility index (Phi) is 4.93. The van der Waals surface area contributed by atoms with Gasteiger partial charge in [0.2, 0.25) is 5.91 Å². The summed E-state index contributed by atoms with van der Waals surface area (Å²) in [5, 5.41) is 12.8. The van der Waals surface area contributed by atoms with Gasteiger partial charge in [0, 0.05) is 13.2 Å². The van der Waals surface area contributed by atoms with Crippen molar-refractivity contribution >= 4 is 5.91 Å². The second kappa shape index (κ2) is 6.68. The van der Waals surface area contributed by atoms with Gasteiger partial charge in [0.15, 0.2) is 0 Å². The number of aliphatic hydroxyl groups is 1. The van der Waals surface area contributed by atoms with Crippen LogP contribution in [-0.4, -0.2) is 30.3 Å². The highest BCUT2D eigenvalue weighted by Gasteiger charge is 2.43. The highest BCUT2D eigenvalue weighted by Crippen LogP contribution is 2.33. The van der Waals surface area contributed by atoms with Crippen LogP contribution < -0.4 is 5.32 Å². The van der Waals surface area contributed by atoms with E-state index in [0.717, 1.165) is 12.0 Å². The number of ether oxygens (including phenoxy) is 1. The Hall–Kier alpha value is -1.39. The molecule has 0 spiro atoms. The zero-order valence-corrected chi connectivity index (χ0v) is 11.2. The number of amides is 1. The van der Waals surface area contributed by atoms with Gasteiger partial charge in [-0.25, -0.2) is 0 Å². The Balaban J connectivity index is 1.66. The van der Waals surface area contributed by atoms with Gasteiger partial charge in [-0.3, -0.25) is 4.79 Å². The predicted molar refractivity (Wildman–Crippen MR) is 72.5 cm³/mol. The standard InChI is InChI=1S/C15H21NO3/c1-2-19-14-10-12(14)15(18)16-9-8-13(17)11-6-4-3-5-7-11/h3-7,12-14,17H,2,8-10H2,1H3,(H,16,18). The number of carbonyl (C=O) groups is 1. The van der Waals surface area contributed by atoms with E-state index in [9.17, 15) is 9.90 Å². The van der Waals surface area contributed by atoms with Crippen LogP contribution in [-0.2, 0) is 9.53 Å². The van der Waals surface area contributed by atoms with Gasteiger partial charge in [0.25, 0.3) is 0 Å². The SMILES string of the molecule is CCOC1CC1C(=O)NCCC(O)c1ccccc1. The highest BCUT2D eigenvalue weighted by molar-refractivity contribution is 5.82. The minimum absolute atomic E-state index is 0.00816. The maximum Gasteiger partial charge on any atom is 0.225 e. The summed E-state index contributed by atoms with van der Waals surface area (Å²) in [7, 11) is 0. The number of aliphatic hydroxyl groups excluding tert-OH is 1. The van der Waals surface area contributed by atoms with E-state index < -0.39 is 6.10 Å². The zero-order valence-electron chi connectivity index (χ0n) is 11.2. The molecule has 1 fully saturated rings. The van der Waals surface area contributed by atoms with Crippen LogP contribution in [0.2, 0.25) is 0 Å². The van der Waals surface area contributed by atoms with Gasteiger partial charge in [-0.05, 0) is 25.3 Å². The second-order valence-corrected chi connectivity index (χ2v) is 4.84. The van der Waals surface area contributed by atoms with E-state index >= 15 is 0 Å². The van der Waals surface area contributed by atoms with E-state index in [1.165, 1.54) is 0 Å². The third-order valence-electron chi connectivity index (χ3n) is 3.35. The molecular weight excluding hydrogens is 242 g/mol. The Bertz CT molecular complexity index is 407. The summed E-state index contributed by atoms with van der Waals surface area (Å²) < 4.78 is 5.37. The van der Waals surface area contributed by atoms with Crippen LogP contribution in [0.25, 0.3) is 0 Å². The lowest BCUT2D eigenvalue weighted by Crippen LogP contribution is -2.28. The maximum atomic E-state index is 11.7. The molecule has 2 N–H and O–H groups in total. The molecule has 1 saturated carbocycles. The molecule has 4 heteroatoms. The second-order valence-electron chi connectivity index (χ2n) is 4.84.